The number of aryl methyl sites for hydroxylation is 1. The molecule has 1 aliphatic rings. The second kappa shape index (κ2) is 9.95. The standard InChI is InChI=1S/C25H28O5S2/c1-14-4-5-16(24-22(27)21(26)23(28)25(30-24)31-3)12-17(14)13-19-10-11-20(32-19)15-6-8-18(29-2)9-7-15/h4-12,21-28H,13H2,1-3H3/t21-,22-,23+,24?,25-/m1/s1. The van der Waals surface area contributed by atoms with Crippen LogP contribution in [0.2, 0.25) is 0 Å². The van der Waals surface area contributed by atoms with Gasteiger partial charge < -0.3 is 24.8 Å². The van der Waals surface area contributed by atoms with Gasteiger partial charge >= 0.3 is 0 Å². The minimum absolute atomic E-state index is 0.590. The van der Waals surface area contributed by atoms with Crippen LogP contribution in [0.5, 0.6) is 5.75 Å². The molecule has 5 nitrogen and oxygen atoms in total. The van der Waals surface area contributed by atoms with Crippen LogP contribution in [-0.2, 0) is 11.2 Å². The lowest BCUT2D eigenvalue weighted by atomic mass is 9.92. The molecule has 3 aromatic rings. The molecule has 32 heavy (non-hydrogen) atoms. The fourth-order valence-electron chi connectivity index (χ4n) is 3.95. The maximum atomic E-state index is 10.5. The molecule has 1 aliphatic heterocycles. The zero-order valence-electron chi connectivity index (χ0n) is 18.3. The maximum Gasteiger partial charge on any atom is 0.132 e. The summed E-state index contributed by atoms with van der Waals surface area (Å²) >= 11 is 3.07. The molecular formula is C25H28O5S2. The highest BCUT2D eigenvalue weighted by Crippen LogP contribution is 2.37. The first-order valence-corrected chi connectivity index (χ1v) is 12.6. The Morgan fingerprint density at radius 2 is 1.72 bits per heavy atom. The van der Waals surface area contributed by atoms with Gasteiger partial charge in [-0.2, -0.15) is 0 Å². The van der Waals surface area contributed by atoms with Crippen LogP contribution in [0, 0.1) is 6.92 Å². The second-order valence-electron chi connectivity index (χ2n) is 7.99. The largest absolute Gasteiger partial charge is 0.497 e. The number of thioether (sulfide) groups is 1. The van der Waals surface area contributed by atoms with Crippen molar-refractivity contribution in [3.63, 3.8) is 0 Å². The van der Waals surface area contributed by atoms with Crippen LogP contribution in [0.1, 0.15) is 27.7 Å². The van der Waals surface area contributed by atoms with E-state index in [1.54, 1.807) is 18.4 Å². The fourth-order valence-corrected chi connectivity index (χ4v) is 5.66. The summed E-state index contributed by atoms with van der Waals surface area (Å²) < 4.78 is 11.2. The quantitative estimate of drug-likeness (QED) is 0.500. The average Bonchev–Trinajstić information content (AvgIpc) is 3.28. The van der Waals surface area contributed by atoms with Crippen LogP contribution < -0.4 is 4.74 Å². The van der Waals surface area contributed by atoms with E-state index < -0.39 is 29.9 Å². The Bertz CT molecular complexity index is 1050. The molecule has 0 amide bonds. The molecule has 2 heterocycles. The van der Waals surface area contributed by atoms with Crippen LogP contribution in [0.4, 0.5) is 0 Å². The number of hydrogen-bond donors (Lipinski definition) is 3. The molecule has 5 atom stereocenters. The summed E-state index contributed by atoms with van der Waals surface area (Å²) in [7, 11) is 1.66. The number of aliphatic hydroxyl groups is 3. The summed E-state index contributed by atoms with van der Waals surface area (Å²) in [6.07, 6.45) is -1.67. The molecule has 170 valence electrons. The van der Waals surface area contributed by atoms with Gasteiger partial charge in [0.05, 0.1) is 7.11 Å². The summed E-state index contributed by atoms with van der Waals surface area (Å²) in [5.74, 6) is 0.839. The SMILES string of the molecule is COc1ccc(-c2ccc(Cc3cc(C4O[C@H](SC)[C@@H](O)[C@H](O)[C@H]4O)ccc3C)s2)cc1. The Kier molecular flexibility index (Phi) is 7.24. The molecule has 0 aliphatic carbocycles. The average molecular weight is 473 g/mol. The van der Waals surface area contributed by atoms with Crippen LogP contribution >= 0.6 is 23.1 Å². The number of hydrogen-bond acceptors (Lipinski definition) is 7. The van der Waals surface area contributed by atoms with Gasteiger partial charge in [0.2, 0.25) is 0 Å². The molecule has 1 aromatic heterocycles. The zero-order chi connectivity index (χ0) is 22.8. The van der Waals surface area contributed by atoms with Gasteiger partial charge in [-0.15, -0.1) is 23.1 Å². The highest BCUT2D eigenvalue weighted by Gasteiger charge is 2.44. The summed E-state index contributed by atoms with van der Waals surface area (Å²) in [6, 6.07) is 18.3. The molecule has 3 N–H and O–H groups in total. The van der Waals surface area contributed by atoms with Crippen LogP contribution in [0.25, 0.3) is 10.4 Å². The van der Waals surface area contributed by atoms with E-state index in [0.29, 0.717) is 0 Å². The first-order valence-electron chi connectivity index (χ1n) is 10.5. The minimum atomic E-state index is -1.25. The first-order chi connectivity index (χ1) is 15.4. The molecule has 1 unspecified atom stereocenters. The number of aliphatic hydroxyl groups excluding tert-OH is 3. The number of benzene rings is 2. The van der Waals surface area contributed by atoms with E-state index >= 15 is 0 Å². The van der Waals surface area contributed by atoms with Gasteiger partial charge in [0.25, 0.3) is 0 Å². The normalized spacial score (nSPS) is 25.6. The van der Waals surface area contributed by atoms with Gasteiger partial charge in [0.15, 0.2) is 0 Å². The molecule has 1 saturated heterocycles. The van der Waals surface area contributed by atoms with Crippen molar-refractivity contribution < 1.29 is 24.8 Å². The van der Waals surface area contributed by atoms with Gasteiger partial charge in [0.1, 0.15) is 35.6 Å². The monoisotopic (exact) mass is 472 g/mol. The number of ether oxygens (including phenoxy) is 2. The molecule has 0 saturated carbocycles. The molecule has 2 aromatic carbocycles. The van der Waals surface area contributed by atoms with Gasteiger partial charge in [-0.25, -0.2) is 0 Å². The molecule has 0 radical (unpaired) electrons. The van der Waals surface area contributed by atoms with Crippen molar-refractivity contribution in [1.29, 1.82) is 0 Å². The molecule has 7 heteroatoms. The molecule has 4 rings (SSSR count). The van der Waals surface area contributed by atoms with E-state index in [-0.39, 0.29) is 0 Å². The van der Waals surface area contributed by atoms with Crippen molar-refractivity contribution >= 4 is 23.1 Å². The van der Waals surface area contributed by atoms with Crippen LogP contribution in [0.15, 0.2) is 54.6 Å². The molecule has 0 bridgehead atoms. The molecule has 1 fully saturated rings. The Morgan fingerprint density at radius 3 is 2.41 bits per heavy atom. The Labute approximate surface area is 196 Å². The number of methoxy groups -OCH3 is 1. The van der Waals surface area contributed by atoms with E-state index in [1.165, 1.54) is 21.5 Å². The van der Waals surface area contributed by atoms with Crippen molar-refractivity contribution in [3.05, 3.63) is 76.2 Å². The smallest absolute Gasteiger partial charge is 0.132 e. The van der Waals surface area contributed by atoms with E-state index in [4.69, 9.17) is 9.47 Å². The fraction of sp³-hybridized carbons (Fsp3) is 0.360. The zero-order valence-corrected chi connectivity index (χ0v) is 19.9. The van der Waals surface area contributed by atoms with Crippen molar-refractivity contribution in [2.24, 2.45) is 0 Å². The minimum Gasteiger partial charge on any atom is -0.497 e. The van der Waals surface area contributed by atoms with Crippen LogP contribution in [0.3, 0.4) is 0 Å². The highest BCUT2D eigenvalue weighted by atomic mass is 32.2. The van der Waals surface area contributed by atoms with E-state index in [1.807, 2.05) is 36.6 Å². The predicted molar refractivity (Wildman–Crippen MR) is 129 cm³/mol. The highest BCUT2D eigenvalue weighted by molar-refractivity contribution is 7.99. The maximum absolute atomic E-state index is 10.5. The Hall–Kier alpha value is -1.87. The third kappa shape index (κ3) is 4.73. The third-order valence-corrected chi connectivity index (χ3v) is 7.89. The van der Waals surface area contributed by atoms with E-state index in [2.05, 4.69) is 31.2 Å². The van der Waals surface area contributed by atoms with Crippen molar-refractivity contribution in [2.45, 2.75) is 43.2 Å². The number of rotatable bonds is 6. The van der Waals surface area contributed by atoms with E-state index in [0.717, 1.165) is 34.4 Å². The Balaban J connectivity index is 1.55. The van der Waals surface area contributed by atoms with Gasteiger partial charge in [-0.3, -0.25) is 0 Å². The van der Waals surface area contributed by atoms with Gasteiger partial charge in [-0.1, -0.05) is 18.2 Å². The van der Waals surface area contributed by atoms with Crippen molar-refractivity contribution in [1.82, 2.24) is 0 Å². The number of thiophene rings is 1. The van der Waals surface area contributed by atoms with Gasteiger partial charge in [0, 0.05) is 16.2 Å². The predicted octanol–water partition coefficient (Wildman–Crippen LogP) is 4.17. The lowest BCUT2D eigenvalue weighted by molar-refractivity contribution is -0.200. The third-order valence-electron chi connectivity index (χ3n) is 5.90. The van der Waals surface area contributed by atoms with E-state index in [9.17, 15) is 15.3 Å². The Morgan fingerprint density at radius 1 is 0.969 bits per heavy atom. The summed E-state index contributed by atoms with van der Waals surface area (Å²) in [5, 5.41) is 31.0. The van der Waals surface area contributed by atoms with Crippen molar-refractivity contribution in [3.8, 4) is 16.2 Å². The van der Waals surface area contributed by atoms with Crippen LogP contribution in [-0.4, -0.2) is 52.4 Å². The summed E-state index contributed by atoms with van der Waals surface area (Å²) in [4.78, 5) is 2.43. The first kappa shape index (κ1) is 23.3. The van der Waals surface area contributed by atoms with Gasteiger partial charge in [-0.05, 0) is 71.8 Å². The lowest BCUT2D eigenvalue weighted by Crippen LogP contribution is -2.52. The molecular weight excluding hydrogens is 444 g/mol. The second-order valence-corrected chi connectivity index (χ2v) is 10.1. The molecule has 0 spiro atoms. The van der Waals surface area contributed by atoms with Crippen molar-refractivity contribution in [2.75, 3.05) is 13.4 Å². The summed E-state index contributed by atoms with van der Waals surface area (Å²) in [6.45, 7) is 2.07. The topological polar surface area (TPSA) is 79.2 Å². The summed E-state index contributed by atoms with van der Waals surface area (Å²) in [5.41, 5.74) is 3.66. The lowest BCUT2D eigenvalue weighted by Gasteiger charge is -2.40.